The Kier molecular flexibility index (Phi) is 4.74. The van der Waals surface area contributed by atoms with Crippen LogP contribution in [0.4, 0.5) is 4.39 Å². The molecule has 4 nitrogen and oxygen atoms in total. The van der Waals surface area contributed by atoms with Crippen molar-refractivity contribution in [2.75, 3.05) is 7.05 Å². The molecule has 0 radical (unpaired) electrons. The molecule has 1 atom stereocenters. The maximum Gasteiger partial charge on any atom is 0.291 e. The number of aromatic nitrogens is 2. The Labute approximate surface area is 146 Å². The molecule has 3 rings (SSSR count). The second-order valence-electron chi connectivity index (χ2n) is 6.07. The summed E-state index contributed by atoms with van der Waals surface area (Å²) >= 11 is 0. The summed E-state index contributed by atoms with van der Waals surface area (Å²) in [6, 6.07) is 13.8. The monoisotopic (exact) mass is 336 g/mol. The van der Waals surface area contributed by atoms with Crippen LogP contribution in [0.25, 0.3) is 22.2 Å². The van der Waals surface area contributed by atoms with Gasteiger partial charge in [0.2, 0.25) is 5.82 Å². The highest BCUT2D eigenvalue weighted by Gasteiger charge is 2.21. The second kappa shape index (κ2) is 6.97. The predicted molar refractivity (Wildman–Crippen MR) is 96.8 cm³/mol. The van der Waals surface area contributed by atoms with Gasteiger partial charge >= 0.3 is 0 Å². The van der Waals surface area contributed by atoms with E-state index in [1.165, 1.54) is 6.07 Å². The predicted octanol–water partition coefficient (Wildman–Crippen LogP) is 4.31. The Morgan fingerprint density at radius 2 is 1.80 bits per heavy atom. The SMILES string of the molecule is CC[C@H](C)N([11CH3])C(=O)c1nc(-c2ccccc2F)c2ccccc2n1. The standard InChI is InChI=1S/C20H20FN3O/c1-4-13(2)24(3)20(25)19-22-17-12-8-6-10-15(17)18(23-19)14-9-5-7-11-16(14)21/h5-13H,4H2,1-3H3/t13-/m0/s1/i3-1. The van der Waals surface area contributed by atoms with Crippen LogP contribution in [0.3, 0.4) is 0 Å². The number of hydrogen-bond acceptors (Lipinski definition) is 3. The third-order valence-electron chi connectivity index (χ3n) is 4.50. The van der Waals surface area contributed by atoms with Gasteiger partial charge in [-0.25, -0.2) is 14.4 Å². The Morgan fingerprint density at radius 1 is 1.12 bits per heavy atom. The van der Waals surface area contributed by atoms with Crippen LogP contribution in [-0.4, -0.2) is 33.9 Å². The Bertz CT molecular complexity index is 926. The van der Waals surface area contributed by atoms with Gasteiger partial charge < -0.3 is 4.90 Å². The number of hydrogen-bond donors (Lipinski definition) is 0. The molecular weight excluding hydrogens is 316 g/mol. The molecule has 0 aliphatic heterocycles. The van der Waals surface area contributed by atoms with Crippen molar-refractivity contribution in [1.29, 1.82) is 0 Å². The molecule has 2 aromatic carbocycles. The molecular formula is C20H20FN3O. The average Bonchev–Trinajstić information content (AvgIpc) is 2.65. The molecule has 0 aliphatic rings. The fourth-order valence-corrected chi connectivity index (χ4v) is 2.66. The van der Waals surface area contributed by atoms with E-state index in [9.17, 15) is 9.18 Å². The summed E-state index contributed by atoms with van der Waals surface area (Å²) in [6.07, 6.45) is 0.829. The van der Waals surface area contributed by atoms with Gasteiger partial charge in [0.1, 0.15) is 5.82 Å². The van der Waals surface area contributed by atoms with Crippen molar-refractivity contribution in [2.45, 2.75) is 26.3 Å². The maximum atomic E-state index is 14.3. The summed E-state index contributed by atoms with van der Waals surface area (Å²) in [7, 11) is 1.73. The minimum atomic E-state index is -0.375. The topological polar surface area (TPSA) is 46.1 Å². The van der Waals surface area contributed by atoms with E-state index in [0.29, 0.717) is 16.8 Å². The van der Waals surface area contributed by atoms with Crippen LogP contribution in [0.5, 0.6) is 0 Å². The van der Waals surface area contributed by atoms with E-state index in [4.69, 9.17) is 0 Å². The normalized spacial score (nSPS) is 12.2. The highest BCUT2D eigenvalue weighted by molar-refractivity contribution is 5.98. The third-order valence-corrected chi connectivity index (χ3v) is 4.50. The van der Waals surface area contributed by atoms with Crippen LogP contribution in [0, 0.1) is 5.82 Å². The lowest BCUT2D eigenvalue weighted by Crippen LogP contribution is -2.35. The van der Waals surface area contributed by atoms with Crippen molar-refractivity contribution < 1.29 is 9.18 Å². The van der Waals surface area contributed by atoms with E-state index in [-0.39, 0.29) is 23.6 Å². The van der Waals surface area contributed by atoms with Crippen molar-refractivity contribution in [1.82, 2.24) is 14.9 Å². The lowest BCUT2D eigenvalue weighted by Gasteiger charge is -2.23. The molecule has 5 heteroatoms. The van der Waals surface area contributed by atoms with Crippen LogP contribution in [0.15, 0.2) is 48.5 Å². The molecule has 0 fully saturated rings. The van der Waals surface area contributed by atoms with Crippen LogP contribution in [0.1, 0.15) is 30.9 Å². The summed E-state index contributed by atoms with van der Waals surface area (Å²) in [5.74, 6) is -0.558. The Balaban J connectivity index is 2.20. The van der Waals surface area contributed by atoms with Crippen LogP contribution in [-0.2, 0) is 0 Å². The van der Waals surface area contributed by atoms with Crippen molar-refractivity contribution in [3.8, 4) is 11.3 Å². The lowest BCUT2D eigenvalue weighted by atomic mass is 10.1. The van der Waals surface area contributed by atoms with E-state index in [2.05, 4.69) is 9.97 Å². The highest BCUT2D eigenvalue weighted by Crippen LogP contribution is 2.28. The summed E-state index contributed by atoms with van der Waals surface area (Å²) in [5.41, 5.74) is 1.42. The summed E-state index contributed by atoms with van der Waals surface area (Å²) in [5, 5.41) is 0.718. The number of nitrogens with zero attached hydrogens (tertiary/aromatic N) is 3. The number of halogens is 1. The van der Waals surface area contributed by atoms with Crippen LogP contribution in [0.2, 0.25) is 0 Å². The first kappa shape index (κ1) is 17.0. The first-order valence-corrected chi connectivity index (χ1v) is 8.31. The maximum absolute atomic E-state index is 14.3. The smallest absolute Gasteiger partial charge is 0.291 e. The van der Waals surface area contributed by atoms with Crippen molar-refractivity contribution in [3.05, 3.63) is 60.2 Å². The fourth-order valence-electron chi connectivity index (χ4n) is 2.66. The molecule has 25 heavy (non-hydrogen) atoms. The molecule has 3 aromatic rings. The van der Waals surface area contributed by atoms with E-state index in [1.54, 1.807) is 36.2 Å². The molecule has 1 heterocycles. The number of para-hydroxylation sites is 1. The van der Waals surface area contributed by atoms with Gasteiger partial charge in [0, 0.05) is 24.0 Å². The zero-order valence-electron chi connectivity index (χ0n) is 14.5. The number of amides is 1. The van der Waals surface area contributed by atoms with Crippen molar-refractivity contribution in [2.24, 2.45) is 0 Å². The Morgan fingerprint density at radius 3 is 2.52 bits per heavy atom. The molecule has 0 spiro atoms. The minimum Gasteiger partial charge on any atom is -0.336 e. The van der Waals surface area contributed by atoms with Crippen molar-refractivity contribution >= 4 is 16.8 Å². The summed E-state index contributed by atoms with van der Waals surface area (Å²) in [6.45, 7) is 3.98. The van der Waals surface area contributed by atoms with Gasteiger partial charge in [-0.15, -0.1) is 0 Å². The number of carbonyl (C=O) groups is 1. The molecule has 1 amide bonds. The largest absolute Gasteiger partial charge is 0.336 e. The van der Waals surface area contributed by atoms with Gasteiger partial charge in [0.25, 0.3) is 5.91 Å². The number of fused-ring (bicyclic) bond motifs is 1. The zero-order chi connectivity index (χ0) is 18.0. The first-order chi connectivity index (χ1) is 12.0. The highest BCUT2D eigenvalue weighted by atomic mass is 19.1. The molecule has 0 aliphatic carbocycles. The van der Waals surface area contributed by atoms with Gasteiger partial charge in [-0.3, -0.25) is 4.79 Å². The first-order valence-electron chi connectivity index (χ1n) is 8.31. The Hall–Kier alpha value is -2.82. The van der Waals surface area contributed by atoms with Crippen LogP contribution < -0.4 is 0 Å². The van der Waals surface area contributed by atoms with Gasteiger partial charge in [-0.05, 0) is 31.5 Å². The molecule has 0 bridgehead atoms. The minimum absolute atomic E-state index is 0.0690. The second-order valence-corrected chi connectivity index (χ2v) is 6.07. The zero-order valence-corrected chi connectivity index (χ0v) is 14.5. The third kappa shape index (κ3) is 3.22. The average molecular weight is 336 g/mol. The summed E-state index contributed by atoms with van der Waals surface area (Å²) in [4.78, 5) is 23.2. The quantitative estimate of drug-likeness (QED) is 0.713. The van der Waals surface area contributed by atoms with E-state index < -0.39 is 0 Å². The lowest BCUT2D eigenvalue weighted by molar-refractivity contribution is 0.0728. The molecule has 0 saturated heterocycles. The van der Waals surface area contributed by atoms with Gasteiger partial charge in [-0.1, -0.05) is 37.3 Å². The van der Waals surface area contributed by atoms with E-state index >= 15 is 0 Å². The van der Waals surface area contributed by atoms with Gasteiger partial charge in [0.15, 0.2) is 0 Å². The molecule has 128 valence electrons. The number of carbonyl (C=O) groups excluding carboxylic acids is 1. The van der Waals surface area contributed by atoms with Crippen molar-refractivity contribution in [3.63, 3.8) is 0 Å². The van der Waals surface area contributed by atoms with E-state index in [0.717, 1.165) is 11.8 Å². The van der Waals surface area contributed by atoms with E-state index in [1.807, 2.05) is 32.0 Å². The summed E-state index contributed by atoms with van der Waals surface area (Å²) < 4.78 is 14.3. The molecule has 0 N–H and O–H groups in total. The van der Waals surface area contributed by atoms with Gasteiger partial charge in [0.05, 0.1) is 11.2 Å². The molecule has 0 unspecified atom stereocenters. The fraction of sp³-hybridized carbons (Fsp3) is 0.250. The molecule has 0 saturated carbocycles. The number of rotatable bonds is 4. The van der Waals surface area contributed by atoms with Gasteiger partial charge in [-0.2, -0.15) is 0 Å². The molecule has 1 aromatic heterocycles. The van der Waals surface area contributed by atoms with Crippen LogP contribution >= 0.6 is 0 Å². The number of benzene rings is 2.